The average molecular weight is 549 g/mol. The molecule has 0 amide bonds. The Morgan fingerprint density at radius 3 is 1.38 bits per heavy atom. The van der Waals surface area contributed by atoms with E-state index in [2.05, 4.69) is 183 Å². The van der Waals surface area contributed by atoms with Crippen molar-refractivity contribution in [3.63, 3.8) is 0 Å². The fourth-order valence-electron chi connectivity index (χ4n) is 5.18. The number of rotatable bonds is 10. The Morgan fingerprint density at radius 2 is 0.881 bits per heavy atom. The molecule has 0 aliphatic heterocycles. The highest BCUT2D eigenvalue weighted by atomic mass is 15.1. The predicted octanol–water partition coefficient (Wildman–Crippen LogP) is 11.0. The third-order valence-corrected chi connectivity index (χ3v) is 7.57. The Balaban J connectivity index is 1.38. The van der Waals surface area contributed by atoms with Crippen LogP contribution < -0.4 is 9.80 Å². The van der Waals surface area contributed by atoms with Crippen molar-refractivity contribution in [2.45, 2.75) is 27.7 Å². The zero-order chi connectivity index (χ0) is 29.3. The fraction of sp³-hybridized carbons (Fsp3) is 0.150. The lowest BCUT2D eigenvalue weighted by atomic mass is 10.1. The molecule has 5 aromatic carbocycles. The first kappa shape index (κ1) is 28.7. The van der Waals surface area contributed by atoms with E-state index in [1.807, 2.05) is 0 Å². The predicted molar refractivity (Wildman–Crippen MR) is 185 cm³/mol. The maximum Gasteiger partial charge on any atom is 0.0462 e. The summed E-state index contributed by atoms with van der Waals surface area (Å²) in [4.78, 5) is 4.69. The van der Waals surface area contributed by atoms with E-state index in [9.17, 15) is 0 Å². The molecule has 0 unspecified atom stereocenters. The normalized spacial score (nSPS) is 11.3. The van der Waals surface area contributed by atoms with Gasteiger partial charge in [-0.25, -0.2) is 0 Å². The van der Waals surface area contributed by atoms with Crippen molar-refractivity contribution in [3.05, 3.63) is 155 Å². The minimum absolute atomic E-state index is 1.01. The van der Waals surface area contributed by atoms with Gasteiger partial charge in [-0.15, -0.1) is 0 Å². The number of hydrogen-bond donors (Lipinski definition) is 0. The van der Waals surface area contributed by atoms with Crippen molar-refractivity contribution in [2.75, 3.05) is 22.9 Å². The Kier molecular flexibility index (Phi) is 9.36. The van der Waals surface area contributed by atoms with Crippen LogP contribution >= 0.6 is 0 Å². The zero-order valence-electron chi connectivity index (χ0n) is 25.2. The molecular formula is C40H40N2. The van der Waals surface area contributed by atoms with Gasteiger partial charge >= 0.3 is 0 Å². The fourth-order valence-corrected chi connectivity index (χ4v) is 5.18. The summed E-state index contributed by atoms with van der Waals surface area (Å²) in [5.74, 6) is 0. The van der Waals surface area contributed by atoms with Crippen molar-refractivity contribution in [3.8, 4) is 0 Å². The van der Waals surface area contributed by atoms with Crippen LogP contribution in [-0.2, 0) is 0 Å². The summed E-state index contributed by atoms with van der Waals surface area (Å²) >= 11 is 0. The lowest BCUT2D eigenvalue weighted by Crippen LogP contribution is -2.21. The second kappa shape index (κ2) is 13.7. The van der Waals surface area contributed by atoms with Crippen LogP contribution in [0.2, 0.25) is 0 Å². The first-order valence-electron chi connectivity index (χ1n) is 14.9. The van der Waals surface area contributed by atoms with Crippen LogP contribution in [0.15, 0.2) is 121 Å². The second-order valence-electron chi connectivity index (χ2n) is 10.7. The Bertz CT molecular complexity index is 1640. The van der Waals surface area contributed by atoms with Gasteiger partial charge in [0.05, 0.1) is 0 Å². The SMILES string of the molecule is CCN(CC)c1cccc(/C=C/c2ccc(N(c3ccc(C)cc3)c3ccc(/C=C/c4cccc(C)c4)cc3)cc2)c1. The van der Waals surface area contributed by atoms with Gasteiger partial charge in [0.2, 0.25) is 0 Å². The summed E-state index contributed by atoms with van der Waals surface area (Å²) in [6, 6.07) is 43.6. The summed E-state index contributed by atoms with van der Waals surface area (Å²) in [5, 5.41) is 0. The van der Waals surface area contributed by atoms with Crippen LogP contribution in [0.25, 0.3) is 24.3 Å². The molecule has 2 heteroatoms. The van der Waals surface area contributed by atoms with Gasteiger partial charge in [-0.2, -0.15) is 0 Å². The molecule has 0 aliphatic carbocycles. The smallest absolute Gasteiger partial charge is 0.0462 e. The van der Waals surface area contributed by atoms with E-state index in [1.54, 1.807) is 0 Å². The van der Waals surface area contributed by atoms with Gasteiger partial charge in [0, 0.05) is 35.8 Å². The van der Waals surface area contributed by atoms with Crippen molar-refractivity contribution < 1.29 is 0 Å². The standard InChI is InChI=1S/C40H40N2/c1-5-41(6-2)40-12-8-11-36(30-40)18-16-34-21-27-39(28-22-34)42(37-23-13-31(3)14-24-37)38-25-19-33(20-26-38)15-17-35-10-7-9-32(4)29-35/h7-30H,5-6H2,1-4H3/b17-15+,18-16+. The molecule has 5 aromatic rings. The minimum atomic E-state index is 1.01. The summed E-state index contributed by atoms with van der Waals surface area (Å²) in [6.45, 7) is 10.7. The molecule has 5 rings (SSSR count). The van der Waals surface area contributed by atoms with E-state index in [1.165, 1.54) is 39.1 Å². The quantitative estimate of drug-likeness (QED) is 0.160. The zero-order valence-corrected chi connectivity index (χ0v) is 25.2. The lowest BCUT2D eigenvalue weighted by molar-refractivity contribution is 0.866. The maximum absolute atomic E-state index is 2.37. The van der Waals surface area contributed by atoms with Crippen LogP contribution in [0.3, 0.4) is 0 Å². The highest BCUT2D eigenvalue weighted by Gasteiger charge is 2.12. The van der Waals surface area contributed by atoms with E-state index >= 15 is 0 Å². The highest BCUT2D eigenvalue weighted by molar-refractivity contribution is 5.79. The van der Waals surface area contributed by atoms with Crippen molar-refractivity contribution >= 4 is 47.1 Å². The van der Waals surface area contributed by atoms with Gasteiger partial charge in [-0.05, 0) is 98.5 Å². The summed E-state index contributed by atoms with van der Waals surface area (Å²) < 4.78 is 0. The van der Waals surface area contributed by atoms with Crippen molar-refractivity contribution in [1.82, 2.24) is 0 Å². The van der Waals surface area contributed by atoms with E-state index in [0.717, 1.165) is 30.2 Å². The van der Waals surface area contributed by atoms with Crippen molar-refractivity contribution in [1.29, 1.82) is 0 Å². The molecule has 0 spiro atoms. The molecule has 0 radical (unpaired) electrons. The number of nitrogens with zero attached hydrogens (tertiary/aromatic N) is 2. The van der Waals surface area contributed by atoms with Gasteiger partial charge in [0.1, 0.15) is 0 Å². The second-order valence-corrected chi connectivity index (χ2v) is 10.7. The highest BCUT2D eigenvalue weighted by Crippen LogP contribution is 2.35. The molecule has 0 N–H and O–H groups in total. The van der Waals surface area contributed by atoms with Gasteiger partial charge in [0.25, 0.3) is 0 Å². The Hall–Kier alpha value is -4.82. The number of hydrogen-bond acceptors (Lipinski definition) is 2. The molecule has 0 bridgehead atoms. The van der Waals surface area contributed by atoms with E-state index in [0.29, 0.717) is 0 Å². The molecule has 0 fully saturated rings. The molecular weight excluding hydrogens is 508 g/mol. The summed E-state index contributed by atoms with van der Waals surface area (Å²) in [5.41, 5.74) is 12.0. The largest absolute Gasteiger partial charge is 0.372 e. The molecule has 0 saturated carbocycles. The Labute approximate surface area is 251 Å². The first-order valence-corrected chi connectivity index (χ1v) is 14.9. The van der Waals surface area contributed by atoms with E-state index in [4.69, 9.17) is 0 Å². The minimum Gasteiger partial charge on any atom is -0.372 e. The molecule has 0 saturated heterocycles. The molecule has 210 valence electrons. The number of anilines is 4. The van der Waals surface area contributed by atoms with Gasteiger partial charge in [-0.3, -0.25) is 0 Å². The molecule has 0 atom stereocenters. The van der Waals surface area contributed by atoms with Crippen LogP contribution in [0.4, 0.5) is 22.7 Å². The maximum atomic E-state index is 2.37. The monoisotopic (exact) mass is 548 g/mol. The van der Waals surface area contributed by atoms with Gasteiger partial charge in [0.15, 0.2) is 0 Å². The Morgan fingerprint density at radius 1 is 0.429 bits per heavy atom. The van der Waals surface area contributed by atoms with Crippen LogP contribution in [0.1, 0.15) is 47.2 Å². The molecule has 42 heavy (non-hydrogen) atoms. The molecule has 0 aliphatic rings. The third kappa shape index (κ3) is 7.27. The summed E-state index contributed by atoms with van der Waals surface area (Å²) in [6.07, 6.45) is 8.74. The van der Waals surface area contributed by atoms with Crippen LogP contribution in [0, 0.1) is 13.8 Å². The molecule has 0 heterocycles. The van der Waals surface area contributed by atoms with Crippen molar-refractivity contribution in [2.24, 2.45) is 0 Å². The van der Waals surface area contributed by atoms with E-state index in [-0.39, 0.29) is 0 Å². The number of benzene rings is 5. The topological polar surface area (TPSA) is 6.48 Å². The number of aryl methyl sites for hydroxylation is 2. The van der Waals surface area contributed by atoms with Gasteiger partial charge in [-0.1, -0.05) is 108 Å². The van der Waals surface area contributed by atoms with Crippen LogP contribution in [-0.4, -0.2) is 13.1 Å². The van der Waals surface area contributed by atoms with E-state index < -0.39 is 0 Å². The summed E-state index contributed by atoms with van der Waals surface area (Å²) in [7, 11) is 0. The van der Waals surface area contributed by atoms with Gasteiger partial charge < -0.3 is 9.80 Å². The lowest BCUT2D eigenvalue weighted by Gasteiger charge is -2.26. The third-order valence-electron chi connectivity index (χ3n) is 7.57. The molecule has 2 nitrogen and oxygen atoms in total. The first-order chi connectivity index (χ1) is 20.5. The molecule has 0 aromatic heterocycles. The average Bonchev–Trinajstić information content (AvgIpc) is 3.02. The van der Waals surface area contributed by atoms with Crippen LogP contribution in [0.5, 0.6) is 0 Å².